The van der Waals surface area contributed by atoms with Gasteiger partial charge in [0, 0.05) is 5.56 Å². The van der Waals surface area contributed by atoms with Crippen molar-refractivity contribution in [3.05, 3.63) is 46.6 Å². The molecule has 0 radical (unpaired) electrons. The van der Waals surface area contributed by atoms with Gasteiger partial charge >= 0.3 is 0 Å². The van der Waals surface area contributed by atoms with E-state index < -0.39 is 5.82 Å². The van der Waals surface area contributed by atoms with E-state index in [1.54, 1.807) is 23.5 Å². The van der Waals surface area contributed by atoms with Gasteiger partial charge in [0.25, 0.3) is 0 Å². The summed E-state index contributed by atoms with van der Waals surface area (Å²) in [6.07, 6.45) is 0. The Bertz CT molecular complexity index is 678. The van der Waals surface area contributed by atoms with E-state index in [2.05, 4.69) is 15.2 Å². The number of rotatable bonds is 2. The van der Waals surface area contributed by atoms with Crippen molar-refractivity contribution >= 4 is 22.9 Å². The maximum absolute atomic E-state index is 13.3. The van der Waals surface area contributed by atoms with Gasteiger partial charge < -0.3 is 0 Å². The van der Waals surface area contributed by atoms with E-state index in [1.165, 1.54) is 6.07 Å². The van der Waals surface area contributed by atoms with Crippen LogP contribution < -0.4 is 0 Å². The average Bonchev–Trinajstić information content (AvgIpc) is 3.01. The van der Waals surface area contributed by atoms with Crippen LogP contribution in [0.25, 0.3) is 22.1 Å². The standard InChI is InChI=1S/C12H7ClFN3S/c13-10-7(3-1-4-8(10)14)11-15-12(17-16-11)9-5-2-6-18-9/h1-6H,(H,15,16,17). The zero-order valence-electron chi connectivity index (χ0n) is 9.02. The van der Waals surface area contributed by atoms with Crippen LogP contribution >= 0.6 is 22.9 Å². The van der Waals surface area contributed by atoms with E-state index in [0.717, 1.165) is 4.88 Å². The van der Waals surface area contributed by atoms with E-state index in [9.17, 15) is 4.39 Å². The van der Waals surface area contributed by atoms with Crippen molar-refractivity contribution in [2.24, 2.45) is 0 Å². The van der Waals surface area contributed by atoms with Crippen LogP contribution in [0.3, 0.4) is 0 Å². The maximum Gasteiger partial charge on any atom is 0.183 e. The molecular weight excluding hydrogens is 273 g/mol. The third kappa shape index (κ3) is 1.91. The third-order valence-electron chi connectivity index (χ3n) is 2.43. The lowest BCUT2D eigenvalue weighted by atomic mass is 10.2. The minimum absolute atomic E-state index is 0.0363. The second kappa shape index (κ2) is 4.51. The first-order valence-corrected chi connectivity index (χ1v) is 6.42. The fourth-order valence-electron chi connectivity index (χ4n) is 1.58. The second-order valence-electron chi connectivity index (χ2n) is 3.59. The number of aromatic amines is 1. The molecule has 0 bridgehead atoms. The fraction of sp³-hybridized carbons (Fsp3) is 0. The largest absolute Gasteiger partial charge is 0.258 e. The molecule has 0 amide bonds. The first-order valence-electron chi connectivity index (χ1n) is 5.16. The highest BCUT2D eigenvalue weighted by Crippen LogP contribution is 2.29. The van der Waals surface area contributed by atoms with Gasteiger partial charge in [-0.2, -0.15) is 5.10 Å². The molecule has 0 aliphatic carbocycles. The number of aromatic nitrogens is 3. The minimum Gasteiger partial charge on any atom is -0.258 e. The zero-order valence-corrected chi connectivity index (χ0v) is 10.6. The van der Waals surface area contributed by atoms with Crippen molar-refractivity contribution in [1.82, 2.24) is 15.2 Å². The minimum atomic E-state index is -0.475. The van der Waals surface area contributed by atoms with Crippen molar-refractivity contribution in [3.63, 3.8) is 0 Å². The summed E-state index contributed by atoms with van der Waals surface area (Å²) in [4.78, 5) is 5.29. The number of benzene rings is 1. The fourth-order valence-corrected chi connectivity index (χ4v) is 2.46. The summed E-state index contributed by atoms with van der Waals surface area (Å²) < 4.78 is 13.3. The molecule has 3 rings (SSSR count). The highest BCUT2D eigenvalue weighted by atomic mass is 35.5. The molecule has 2 aromatic heterocycles. The summed E-state index contributed by atoms with van der Waals surface area (Å²) in [6, 6.07) is 8.43. The van der Waals surface area contributed by atoms with Crippen molar-refractivity contribution in [1.29, 1.82) is 0 Å². The lowest BCUT2D eigenvalue weighted by molar-refractivity contribution is 0.628. The number of nitrogens with zero attached hydrogens (tertiary/aromatic N) is 2. The van der Waals surface area contributed by atoms with Gasteiger partial charge in [0.1, 0.15) is 5.82 Å². The number of thiophene rings is 1. The van der Waals surface area contributed by atoms with E-state index >= 15 is 0 Å². The molecule has 1 N–H and O–H groups in total. The van der Waals surface area contributed by atoms with Crippen LogP contribution in [-0.2, 0) is 0 Å². The van der Waals surface area contributed by atoms with Gasteiger partial charge in [-0.3, -0.25) is 5.10 Å². The normalized spacial score (nSPS) is 10.8. The van der Waals surface area contributed by atoms with Crippen LogP contribution in [0.2, 0.25) is 5.02 Å². The summed E-state index contributed by atoms with van der Waals surface area (Å²) >= 11 is 7.45. The van der Waals surface area contributed by atoms with Crippen molar-refractivity contribution in [2.45, 2.75) is 0 Å². The molecule has 2 heterocycles. The molecule has 3 aromatic rings. The average molecular weight is 280 g/mol. The monoisotopic (exact) mass is 279 g/mol. The molecule has 0 saturated carbocycles. The maximum atomic E-state index is 13.3. The highest BCUT2D eigenvalue weighted by Gasteiger charge is 2.13. The van der Waals surface area contributed by atoms with Crippen LogP contribution in [0.4, 0.5) is 4.39 Å². The van der Waals surface area contributed by atoms with Gasteiger partial charge in [-0.05, 0) is 23.6 Å². The molecule has 1 aromatic carbocycles. The predicted octanol–water partition coefficient (Wildman–Crippen LogP) is 3.99. The molecule has 6 heteroatoms. The molecule has 0 aliphatic heterocycles. The Labute approximate surface area is 111 Å². The van der Waals surface area contributed by atoms with Gasteiger partial charge in [-0.15, -0.1) is 11.3 Å². The van der Waals surface area contributed by atoms with Crippen LogP contribution in [-0.4, -0.2) is 15.2 Å². The topological polar surface area (TPSA) is 41.6 Å². The van der Waals surface area contributed by atoms with E-state index in [0.29, 0.717) is 17.2 Å². The first-order chi connectivity index (χ1) is 8.75. The van der Waals surface area contributed by atoms with Gasteiger partial charge in [-0.25, -0.2) is 9.37 Å². The van der Waals surface area contributed by atoms with Gasteiger partial charge in [0.05, 0.1) is 9.90 Å². The van der Waals surface area contributed by atoms with E-state index in [1.807, 2.05) is 17.5 Å². The highest BCUT2D eigenvalue weighted by molar-refractivity contribution is 7.13. The molecule has 0 atom stereocenters. The molecule has 18 heavy (non-hydrogen) atoms. The summed E-state index contributed by atoms with van der Waals surface area (Å²) in [6.45, 7) is 0. The van der Waals surface area contributed by atoms with E-state index in [-0.39, 0.29) is 5.02 Å². The quantitative estimate of drug-likeness (QED) is 0.770. The second-order valence-corrected chi connectivity index (χ2v) is 4.91. The van der Waals surface area contributed by atoms with Crippen molar-refractivity contribution in [3.8, 4) is 22.1 Å². The molecular formula is C12H7ClFN3S. The Hall–Kier alpha value is -1.72. The Morgan fingerprint density at radius 1 is 1.22 bits per heavy atom. The molecule has 0 fully saturated rings. The van der Waals surface area contributed by atoms with Gasteiger partial charge in [-0.1, -0.05) is 23.7 Å². The lowest BCUT2D eigenvalue weighted by Gasteiger charge is -1.99. The number of hydrogen-bond acceptors (Lipinski definition) is 3. The first kappa shape index (κ1) is 11.4. The van der Waals surface area contributed by atoms with Crippen molar-refractivity contribution < 1.29 is 4.39 Å². The van der Waals surface area contributed by atoms with E-state index in [4.69, 9.17) is 11.6 Å². The summed E-state index contributed by atoms with van der Waals surface area (Å²) in [5, 5.41) is 8.87. The van der Waals surface area contributed by atoms with Crippen LogP contribution in [0.1, 0.15) is 0 Å². The number of nitrogens with one attached hydrogen (secondary N) is 1. The molecule has 0 aliphatic rings. The van der Waals surface area contributed by atoms with Gasteiger partial charge in [0.15, 0.2) is 11.6 Å². The number of H-pyrrole nitrogens is 1. The Balaban J connectivity index is 2.06. The molecule has 0 spiro atoms. The molecule has 0 unspecified atom stereocenters. The Morgan fingerprint density at radius 2 is 2.11 bits per heavy atom. The van der Waals surface area contributed by atoms with Crippen molar-refractivity contribution in [2.75, 3.05) is 0 Å². The molecule has 0 saturated heterocycles. The molecule has 90 valence electrons. The molecule has 3 nitrogen and oxygen atoms in total. The zero-order chi connectivity index (χ0) is 12.5. The summed E-state index contributed by atoms with van der Waals surface area (Å²) in [5.74, 6) is 0.569. The third-order valence-corrected chi connectivity index (χ3v) is 3.69. The van der Waals surface area contributed by atoms with Gasteiger partial charge in [0.2, 0.25) is 0 Å². The Morgan fingerprint density at radius 3 is 2.89 bits per heavy atom. The number of halogens is 2. The Kier molecular flexibility index (Phi) is 2.85. The summed E-state index contributed by atoms with van der Waals surface area (Å²) in [7, 11) is 0. The van der Waals surface area contributed by atoms with Crippen LogP contribution in [0, 0.1) is 5.82 Å². The lowest BCUT2D eigenvalue weighted by Crippen LogP contribution is -1.85. The van der Waals surface area contributed by atoms with Crippen LogP contribution in [0.5, 0.6) is 0 Å². The van der Waals surface area contributed by atoms with Crippen LogP contribution in [0.15, 0.2) is 35.7 Å². The predicted molar refractivity (Wildman–Crippen MR) is 70.1 cm³/mol. The smallest absolute Gasteiger partial charge is 0.183 e. The SMILES string of the molecule is Fc1cccc(-c2n[nH]c(-c3cccs3)n2)c1Cl. The summed E-state index contributed by atoms with van der Waals surface area (Å²) in [5.41, 5.74) is 0.482. The number of hydrogen-bond donors (Lipinski definition) is 1.